The number of fused-ring (bicyclic) bond motifs is 2. The molecule has 3 heterocycles. The lowest BCUT2D eigenvalue weighted by Gasteiger charge is -2.07. The number of anilines is 1. The minimum absolute atomic E-state index is 0.275. The lowest BCUT2D eigenvalue weighted by atomic mass is 10.1. The van der Waals surface area contributed by atoms with Crippen molar-refractivity contribution >= 4 is 11.5 Å². The molecule has 0 unspecified atom stereocenters. The van der Waals surface area contributed by atoms with Crippen LogP contribution in [0.25, 0.3) is 16.8 Å². The van der Waals surface area contributed by atoms with E-state index in [-0.39, 0.29) is 6.79 Å². The van der Waals surface area contributed by atoms with Crippen LogP contribution in [0.1, 0.15) is 13.3 Å². The molecule has 0 spiro atoms. The average molecular weight is 296 g/mol. The van der Waals surface area contributed by atoms with E-state index >= 15 is 0 Å². The molecule has 0 saturated heterocycles. The highest BCUT2D eigenvalue weighted by Gasteiger charge is 2.16. The number of ether oxygens (including phenoxy) is 2. The van der Waals surface area contributed by atoms with Gasteiger partial charge in [-0.3, -0.25) is 0 Å². The molecule has 4 rings (SSSR count). The zero-order valence-corrected chi connectivity index (χ0v) is 12.2. The number of aromatic nitrogens is 3. The normalized spacial score (nSPS) is 12.8. The second-order valence-electron chi connectivity index (χ2n) is 5.12. The van der Waals surface area contributed by atoms with Crippen LogP contribution in [-0.4, -0.2) is 27.9 Å². The molecule has 0 saturated carbocycles. The summed E-state index contributed by atoms with van der Waals surface area (Å²) in [6, 6.07) is 7.81. The summed E-state index contributed by atoms with van der Waals surface area (Å²) in [4.78, 5) is 4.47. The highest BCUT2D eigenvalue weighted by Crippen LogP contribution is 2.36. The standard InChI is InChI=1S/C16H16N4O2/c1-2-6-17-15-5-7-18-16-12(9-19-20(15)16)11-3-4-13-14(8-11)22-10-21-13/h3-5,7-9,17H,2,6,10H2,1H3. The van der Waals surface area contributed by atoms with Crippen LogP contribution in [0.15, 0.2) is 36.7 Å². The number of rotatable bonds is 4. The molecule has 22 heavy (non-hydrogen) atoms. The van der Waals surface area contributed by atoms with E-state index in [9.17, 15) is 0 Å². The first-order valence-electron chi connectivity index (χ1n) is 7.33. The van der Waals surface area contributed by atoms with Crippen molar-refractivity contribution in [3.05, 3.63) is 36.7 Å². The van der Waals surface area contributed by atoms with Gasteiger partial charge in [0.25, 0.3) is 0 Å². The Morgan fingerprint density at radius 2 is 2.14 bits per heavy atom. The Kier molecular flexibility index (Phi) is 3.07. The zero-order chi connectivity index (χ0) is 14.9. The smallest absolute Gasteiger partial charge is 0.231 e. The van der Waals surface area contributed by atoms with Crippen LogP contribution in [0.4, 0.5) is 5.82 Å². The Balaban J connectivity index is 1.79. The summed E-state index contributed by atoms with van der Waals surface area (Å²) in [5, 5.41) is 7.82. The van der Waals surface area contributed by atoms with Crippen molar-refractivity contribution < 1.29 is 9.47 Å². The Hall–Kier alpha value is -2.76. The maximum atomic E-state index is 5.44. The summed E-state index contributed by atoms with van der Waals surface area (Å²) in [5.74, 6) is 2.48. The fraction of sp³-hybridized carbons (Fsp3) is 0.250. The van der Waals surface area contributed by atoms with E-state index in [1.807, 2.05) is 35.0 Å². The lowest BCUT2D eigenvalue weighted by molar-refractivity contribution is 0.174. The van der Waals surface area contributed by atoms with Crippen LogP contribution < -0.4 is 14.8 Å². The maximum absolute atomic E-state index is 5.44. The van der Waals surface area contributed by atoms with Gasteiger partial charge in [-0.2, -0.15) is 9.61 Å². The van der Waals surface area contributed by atoms with Crippen molar-refractivity contribution in [2.24, 2.45) is 0 Å². The van der Waals surface area contributed by atoms with Crippen molar-refractivity contribution in [1.29, 1.82) is 0 Å². The summed E-state index contributed by atoms with van der Waals surface area (Å²) < 4.78 is 12.6. The second-order valence-corrected chi connectivity index (χ2v) is 5.12. The van der Waals surface area contributed by atoms with Gasteiger partial charge >= 0.3 is 0 Å². The molecule has 0 amide bonds. The Morgan fingerprint density at radius 3 is 3.05 bits per heavy atom. The number of nitrogens with one attached hydrogen (secondary N) is 1. The van der Waals surface area contributed by atoms with Gasteiger partial charge in [0.2, 0.25) is 6.79 Å². The summed E-state index contributed by atoms with van der Waals surface area (Å²) in [5.41, 5.74) is 2.80. The van der Waals surface area contributed by atoms with Crippen molar-refractivity contribution in [2.75, 3.05) is 18.7 Å². The van der Waals surface area contributed by atoms with Crippen molar-refractivity contribution in [1.82, 2.24) is 14.6 Å². The van der Waals surface area contributed by atoms with Crippen molar-refractivity contribution in [3.63, 3.8) is 0 Å². The van der Waals surface area contributed by atoms with Gasteiger partial charge in [0.05, 0.1) is 6.20 Å². The van der Waals surface area contributed by atoms with Gasteiger partial charge in [-0.1, -0.05) is 13.0 Å². The topological polar surface area (TPSA) is 60.7 Å². The van der Waals surface area contributed by atoms with E-state index in [0.29, 0.717) is 0 Å². The third-order valence-electron chi connectivity index (χ3n) is 3.64. The summed E-state index contributed by atoms with van der Waals surface area (Å²) in [7, 11) is 0. The van der Waals surface area contributed by atoms with E-state index in [4.69, 9.17) is 9.47 Å². The van der Waals surface area contributed by atoms with Gasteiger partial charge in [-0.05, 0) is 30.2 Å². The van der Waals surface area contributed by atoms with E-state index < -0.39 is 0 Å². The first-order valence-corrected chi connectivity index (χ1v) is 7.33. The molecule has 0 atom stereocenters. The third-order valence-corrected chi connectivity index (χ3v) is 3.64. The first-order chi connectivity index (χ1) is 10.9. The second kappa shape index (κ2) is 5.22. The molecule has 1 N–H and O–H groups in total. The van der Waals surface area contributed by atoms with Crippen molar-refractivity contribution in [3.8, 4) is 22.6 Å². The molecule has 0 bridgehead atoms. The minimum Gasteiger partial charge on any atom is -0.454 e. The quantitative estimate of drug-likeness (QED) is 0.802. The molecule has 0 fully saturated rings. The molecular weight excluding hydrogens is 280 g/mol. The monoisotopic (exact) mass is 296 g/mol. The maximum Gasteiger partial charge on any atom is 0.231 e. The number of hydrogen-bond acceptors (Lipinski definition) is 5. The Morgan fingerprint density at radius 1 is 1.23 bits per heavy atom. The molecule has 1 aliphatic heterocycles. The summed E-state index contributed by atoms with van der Waals surface area (Å²) >= 11 is 0. The van der Waals surface area contributed by atoms with Crippen LogP contribution in [0.3, 0.4) is 0 Å². The minimum atomic E-state index is 0.275. The van der Waals surface area contributed by atoms with Crippen LogP contribution >= 0.6 is 0 Å². The van der Waals surface area contributed by atoms with Gasteiger partial charge in [0, 0.05) is 18.3 Å². The predicted octanol–water partition coefficient (Wildman–Crippen LogP) is 2.95. The molecule has 6 heteroatoms. The van der Waals surface area contributed by atoms with Gasteiger partial charge in [0.1, 0.15) is 5.82 Å². The zero-order valence-electron chi connectivity index (χ0n) is 12.2. The highest BCUT2D eigenvalue weighted by atomic mass is 16.7. The molecule has 1 aromatic carbocycles. The molecule has 2 aromatic heterocycles. The molecule has 0 radical (unpaired) electrons. The van der Waals surface area contributed by atoms with E-state index in [0.717, 1.165) is 47.1 Å². The largest absolute Gasteiger partial charge is 0.454 e. The van der Waals surface area contributed by atoms with Crippen LogP contribution in [0, 0.1) is 0 Å². The number of nitrogens with zero attached hydrogens (tertiary/aromatic N) is 3. The predicted molar refractivity (Wildman–Crippen MR) is 83.3 cm³/mol. The Labute approximate surface area is 127 Å². The SMILES string of the molecule is CCCNc1ccnc2c(-c3ccc4c(c3)OCO4)cnn12. The van der Waals surface area contributed by atoms with Gasteiger partial charge in [0.15, 0.2) is 17.1 Å². The van der Waals surface area contributed by atoms with Crippen LogP contribution in [-0.2, 0) is 0 Å². The highest BCUT2D eigenvalue weighted by molar-refractivity contribution is 5.79. The molecule has 112 valence electrons. The molecular formula is C16H16N4O2. The molecule has 6 nitrogen and oxygen atoms in total. The first kappa shape index (κ1) is 12.9. The molecule has 1 aliphatic rings. The fourth-order valence-electron chi connectivity index (χ4n) is 2.55. The average Bonchev–Trinajstić information content (AvgIpc) is 3.18. The van der Waals surface area contributed by atoms with Crippen molar-refractivity contribution in [2.45, 2.75) is 13.3 Å². The van der Waals surface area contributed by atoms with Crippen LogP contribution in [0.5, 0.6) is 11.5 Å². The molecule has 3 aromatic rings. The van der Waals surface area contributed by atoms with E-state index in [2.05, 4.69) is 22.3 Å². The lowest BCUT2D eigenvalue weighted by Crippen LogP contribution is -2.06. The number of benzene rings is 1. The summed E-state index contributed by atoms with van der Waals surface area (Å²) in [6.07, 6.45) is 4.68. The Bertz CT molecular complexity index is 828. The number of hydrogen-bond donors (Lipinski definition) is 1. The third kappa shape index (κ3) is 2.04. The van der Waals surface area contributed by atoms with Gasteiger partial charge in [-0.25, -0.2) is 4.98 Å². The summed E-state index contributed by atoms with van der Waals surface area (Å²) in [6.45, 7) is 3.31. The van der Waals surface area contributed by atoms with Gasteiger partial charge < -0.3 is 14.8 Å². The molecule has 0 aliphatic carbocycles. The fourth-order valence-corrected chi connectivity index (χ4v) is 2.55. The van der Waals surface area contributed by atoms with E-state index in [1.54, 1.807) is 6.20 Å². The van der Waals surface area contributed by atoms with Gasteiger partial charge in [-0.15, -0.1) is 0 Å². The van der Waals surface area contributed by atoms with Crippen LogP contribution in [0.2, 0.25) is 0 Å². The van der Waals surface area contributed by atoms with E-state index in [1.165, 1.54) is 0 Å².